The fourth-order valence-corrected chi connectivity index (χ4v) is 3.22. The summed E-state index contributed by atoms with van der Waals surface area (Å²) in [5.74, 6) is 1.32. The summed E-state index contributed by atoms with van der Waals surface area (Å²) in [5.41, 5.74) is 4.41. The van der Waals surface area contributed by atoms with Gasteiger partial charge in [-0.3, -0.25) is 4.79 Å². The lowest BCUT2D eigenvalue weighted by Gasteiger charge is -2.13. The zero-order chi connectivity index (χ0) is 19.8. The molecule has 2 rings (SSSR count). The predicted octanol–water partition coefficient (Wildman–Crippen LogP) is 3.65. The Morgan fingerprint density at radius 2 is 1.70 bits per heavy atom. The normalized spacial score (nSPS) is 11.9. The Morgan fingerprint density at radius 3 is 2.30 bits per heavy atom. The van der Waals surface area contributed by atoms with E-state index in [0.29, 0.717) is 22.8 Å². The first-order chi connectivity index (χ1) is 13.0. The third-order valence-electron chi connectivity index (χ3n) is 3.82. The third kappa shape index (κ3) is 5.40. The van der Waals surface area contributed by atoms with Crippen molar-refractivity contribution in [3.05, 3.63) is 47.5 Å². The van der Waals surface area contributed by atoms with Gasteiger partial charge in [-0.15, -0.1) is 11.8 Å². The highest BCUT2D eigenvalue weighted by molar-refractivity contribution is 8.00. The largest absolute Gasteiger partial charge is 0.493 e. The molecule has 0 saturated heterocycles. The quantitative estimate of drug-likeness (QED) is 0.425. The standard InChI is InChI=1S/C20H24N2O4S/c1-13-6-9-16(10-7-13)27-14(2)20(23)22-21-12-15-8-11-17(24-3)19(26-5)18(15)25-4/h6-12,14H,1-5H3,(H,22,23)/b21-12-/t14-/m0/s1. The van der Waals surface area contributed by atoms with Crippen LogP contribution in [-0.4, -0.2) is 38.7 Å². The first-order valence-electron chi connectivity index (χ1n) is 8.35. The molecule has 144 valence electrons. The number of methoxy groups -OCH3 is 3. The van der Waals surface area contributed by atoms with Crippen molar-refractivity contribution in [2.45, 2.75) is 24.0 Å². The molecule has 0 aliphatic heterocycles. The van der Waals surface area contributed by atoms with E-state index >= 15 is 0 Å². The van der Waals surface area contributed by atoms with Crippen LogP contribution in [0.3, 0.4) is 0 Å². The molecule has 0 bridgehead atoms. The van der Waals surface area contributed by atoms with E-state index in [-0.39, 0.29) is 11.2 Å². The van der Waals surface area contributed by atoms with E-state index in [1.165, 1.54) is 37.8 Å². The van der Waals surface area contributed by atoms with Crippen molar-refractivity contribution in [1.29, 1.82) is 0 Å². The van der Waals surface area contributed by atoms with Crippen LogP contribution in [0.4, 0.5) is 0 Å². The molecule has 1 atom stereocenters. The summed E-state index contributed by atoms with van der Waals surface area (Å²) in [5, 5.41) is 3.76. The highest BCUT2D eigenvalue weighted by Gasteiger charge is 2.16. The molecule has 0 aliphatic rings. The fraction of sp³-hybridized carbons (Fsp3) is 0.300. The molecular weight excluding hydrogens is 364 g/mol. The SMILES string of the molecule is COc1ccc(/C=N\NC(=O)[C@H](C)Sc2ccc(C)cc2)c(OC)c1OC. The molecule has 0 fully saturated rings. The van der Waals surface area contributed by atoms with Gasteiger partial charge in [0.15, 0.2) is 11.5 Å². The van der Waals surface area contributed by atoms with Crippen molar-refractivity contribution < 1.29 is 19.0 Å². The second-order valence-electron chi connectivity index (χ2n) is 5.73. The molecule has 1 amide bonds. The maximum Gasteiger partial charge on any atom is 0.253 e. The van der Waals surface area contributed by atoms with Gasteiger partial charge in [0, 0.05) is 10.5 Å². The molecule has 0 heterocycles. The molecule has 27 heavy (non-hydrogen) atoms. The van der Waals surface area contributed by atoms with E-state index in [0.717, 1.165) is 4.90 Å². The number of aryl methyl sites for hydroxylation is 1. The van der Waals surface area contributed by atoms with Gasteiger partial charge in [-0.2, -0.15) is 5.10 Å². The Hall–Kier alpha value is -2.67. The second-order valence-corrected chi connectivity index (χ2v) is 7.15. The smallest absolute Gasteiger partial charge is 0.253 e. The van der Waals surface area contributed by atoms with E-state index in [2.05, 4.69) is 10.5 Å². The van der Waals surface area contributed by atoms with Gasteiger partial charge in [0.1, 0.15) is 0 Å². The average Bonchev–Trinajstić information content (AvgIpc) is 2.68. The number of benzene rings is 2. The number of nitrogens with one attached hydrogen (secondary N) is 1. The third-order valence-corrected chi connectivity index (χ3v) is 4.93. The van der Waals surface area contributed by atoms with E-state index in [1.807, 2.05) is 38.1 Å². The van der Waals surface area contributed by atoms with Gasteiger partial charge in [0.05, 0.1) is 32.8 Å². The summed E-state index contributed by atoms with van der Waals surface area (Å²) in [7, 11) is 4.62. The molecule has 6 nitrogen and oxygen atoms in total. The summed E-state index contributed by atoms with van der Waals surface area (Å²) in [4.78, 5) is 13.3. The Bertz CT molecular complexity index is 806. The number of thioether (sulfide) groups is 1. The molecule has 0 aliphatic carbocycles. The maximum absolute atomic E-state index is 12.3. The molecule has 0 radical (unpaired) electrons. The first kappa shape index (κ1) is 20.6. The number of carbonyl (C=O) groups excluding carboxylic acids is 1. The molecular formula is C20H24N2O4S. The Balaban J connectivity index is 2.03. The van der Waals surface area contributed by atoms with Crippen LogP contribution < -0.4 is 19.6 Å². The van der Waals surface area contributed by atoms with Crippen LogP contribution in [0, 0.1) is 6.92 Å². The maximum atomic E-state index is 12.3. The van der Waals surface area contributed by atoms with Crippen molar-refractivity contribution in [1.82, 2.24) is 5.43 Å². The fourth-order valence-electron chi connectivity index (χ4n) is 2.36. The highest BCUT2D eigenvalue weighted by Crippen LogP contribution is 2.38. The minimum atomic E-state index is -0.280. The van der Waals surface area contributed by atoms with Gasteiger partial charge in [0.25, 0.3) is 5.91 Å². The minimum absolute atomic E-state index is 0.184. The number of nitrogens with zero attached hydrogens (tertiary/aromatic N) is 1. The van der Waals surface area contributed by atoms with Gasteiger partial charge in [-0.25, -0.2) is 5.43 Å². The molecule has 0 aromatic heterocycles. The van der Waals surface area contributed by atoms with Gasteiger partial charge >= 0.3 is 0 Å². The zero-order valence-corrected chi connectivity index (χ0v) is 16.9. The summed E-state index contributed by atoms with van der Waals surface area (Å²) in [6.45, 7) is 3.87. The van der Waals surface area contributed by atoms with E-state index in [9.17, 15) is 4.79 Å². The summed E-state index contributed by atoms with van der Waals surface area (Å²) in [6, 6.07) is 11.6. The summed E-state index contributed by atoms with van der Waals surface area (Å²) in [6.07, 6.45) is 1.52. The second kappa shape index (κ2) is 9.87. The zero-order valence-electron chi connectivity index (χ0n) is 16.1. The Labute approximate surface area is 163 Å². The molecule has 1 N–H and O–H groups in total. The lowest BCUT2D eigenvalue weighted by atomic mass is 10.2. The van der Waals surface area contributed by atoms with Crippen LogP contribution in [0.15, 0.2) is 46.4 Å². The van der Waals surface area contributed by atoms with Crippen LogP contribution in [0.2, 0.25) is 0 Å². The van der Waals surface area contributed by atoms with Crippen molar-refractivity contribution in [3.63, 3.8) is 0 Å². The van der Waals surface area contributed by atoms with E-state index in [1.54, 1.807) is 19.2 Å². The van der Waals surface area contributed by atoms with Gasteiger partial charge < -0.3 is 14.2 Å². The number of carbonyl (C=O) groups is 1. The molecule has 2 aromatic carbocycles. The van der Waals surface area contributed by atoms with E-state index < -0.39 is 0 Å². The van der Waals surface area contributed by atoms with E-state index in [4.69, 9.17) is 14.2 Å². The number of hydrogen-bond donors (Lipinski definition) is 1. The monoisotopic (exact) mass is 388 g/mol. The average molecular weight is 388 g/mol. The predicted molar refractivity (Wildman–Crippen MR) is 108 cm³/mol. The molecule has 0 unspecified atom stereocenters. The van der Waals surface area contributed by atoms with Crippen LogP contribution in [0.1, 0.15) is 18.1 Å². The summed E-state index contributed by atoms with van der Waals surface area (Å²) < 4.78 is 16.0. The molecule has 7 heteroatoms. The Morgan fingerprint density at radius 1 is 1.04 bits per heavy atom. The van der Waals surface area contributed by atoms with Crippen LogP contribution >= 0.6 is 11.8 Å². The van der Waals surface area contributed by atoms with Gasteiger partial charge in [-0.1, -0.05) is 17.7 Å². The number of amides is 1. The van der Waals surface area contributed by atoms with Crippen LogP contribution in [0.5, 0.6) is 17.2 Å². The summed E-state index contributed by atoms with van der Waals surface area (Å²) >= 11 is 1.48. The van der Waals surface area contributed by atoms with Gasteiger partial charge in [-0.05, 0) is 38.1 Å². The number of ether oxygens (including phenoxy) is 3. The topological polar surface area (TPSA) is 69.2 Å². The Kier molecular flexibility index (Phi) is 7.55. The molecule has 0 saturated carbocycles. The van der Waals surface area contributed by atoms with Crippen LogP contribution in [-0.2, 0) is 4.79 Å². The number of hydrazone groups is 1. The lowest BCUT2D eigenvalue weighted by molar-refractivity contribution is -0.120. The van der Waals surface area contributed by atoms with Crippen molar-refractivity contribution in [3.8, 4) is 17.2 Å². The van der Waals surface area contributed by atoms with Crippen molar-refractivity contribution in [2.75, 3.05) is 21.3 Å². The molecule has 0 spiro atoms. The van der Waals surface area contributed by atoms with Crippen LogP contribution in [0.25, 0.3) is 0 Å². The highest BCUT2D eigenvalue weighted by atomic mass is 32.2. The lowest BCUT2D eigenvalue weighted by Crippen LogP contribution is -2.26. The number of hydrogen-bond acceptors (Lipinski definition) is 6. The van der Waals surface area contributed by atoms with Crippen molar-refractivity contribution in [2.24, 2.45) is 5.10 Å². The van der Waals surface area contributed by atoms with Crippen molar-refractivity contribution >= 4 is 23.9 Å². The minimum Gasteiger partial charge on any atom is -0.493 e. The number of rotatable bonds is 8. The first-order valence-corrected chi connectivity index (χ1v) is 9.23. The van der Waals surface area contributed by atoms with Gasteiger partial charge in [0.2, 0.25) is 5.75 Å². The molecule has 2 aromatic rings.